The standard InChI is InChI=1S/C17H19N5.C15H17BrN2.C15H18N2.C2H2N3.Na/c1-16(2,9-18)14-5-13(8-22-12-20-11-21-22)6-15(7-14)17(3,4)10-19;1-14(2,9-17)12-5-11(8-16)6-13(7-12)15(3,4)10-18;1-11-6-12(14(2,3)9-16)8-13(7-11)15(4,5)10-17;1-3-2-5-4-1;/h5-7,11-12H,8H2,1-4H3;5-7H,8H2,1-4H3;6-8H,1-5H3;1-2H;/q;;;-1;+1. The molecule has 2 heterocycles. The summed E-state index contributed by atoms with van der Waals surface area (Å²) >= 11 is 3.44. The summed E-state index contributed by atoms with van der Waals surface area (Å²) in [7, 11) is 0. The number of aromatic nitrogens is 6. The van der Waals surface area contributed by atoms with Crippen LogP contribution in [0.2, 0.25) is 0 Å². The van der Waals surface area contributed by atoms with Crippen LogP contribution in [0, 0.1) is 74.9 Å². The molecular weight excluding hydrogens is 860 g/mol. The van der Waals surface area contributed by atoms with E-state index in [1.54, 1.807) is 11.0 Å². The fourth-order valence-electron chi connectivity index (χ4n) is 5.54. The third-order valence-corrected chi connectivity index (χ3v) is 11.0. The van der Waals surface area contributed by atoms with Crippen molar-refractivity contribution in [1.82, 2.24) is 29.9 Å². The average molecular weight is 916 g/mol. The molecule has 0 aliphatic heterocycles. The summed E-state index contributed by atoms with van der Waals surface area (Å²) in [4.78, 5) is 7.44. The largest absolute Gasteiger partial charge is 1.00 e. The molecule has 0 spiro atoms. The molecule has 0 fully saturated rings. The third-order valence-electron chi connectivity index (χ3n) is 10.3. The molecule has 14 heteroatoms. The third kappa shape index (κ3) is 15.9. The van der Waals surface area contributed by atoms with Gasteiger partial charge in [-0.2, -0.15) is 36.7 Å². The molecule has 0 unspecified atom stereocenters. The van der Waals surface area contributed by atoms with Crippen molar-refractivity contribution in [2.75, 3.05) is 0 Å². The number of halogens is 1. The first-order valence-corrected chi connectivity index (χ1v) is 20.9. The molecule has 63 heavy (non-hydrogen) atoms. The van der Waals surface area contributed by atoms with E-state index in [1.807, 2.05) is 145 Å². The number of benzene rings is 3. The first-order valence-electron chi connectivity index (χ1n) is 19.8. The van der Waals surface area contributed by atoms with Gasteiger partial charge in [-0.25, -0.2) is 9.67 Å². The first-order chi connectivity index (χ1) is 28.8. The predicted molar refractivity (Wildman–Crippen MR) is 243 cm³/mol. The normalized spacial score (nSPS) is 11.2. The van der Waals surface area contributed by atoms with E-state index < -0.39 is 32.5 Å². The minimum atomic E-state index is -0.612. The molecule has 5 rings (SSSR count). The topological polar surface area (TPSA) is 213 Å². The van der Waals surface area contributed by atoms with Crippen molar-refractivity contribution < 1.29 is 29.6 Å². The average Bonchev–Trinajstić information content (AvgIpc) is 4.02. The number of alkyl halides is 1. The monoisotopic (exact) mass is 914 g/mol. The molecule has 12 nitrogen and oxygen atoms in total. The smallest absolute Gasteiger partial charge is 0.432 e. The summed E-state index contributed by atoms with van der Waals surface area (Å²) in [6.45, 7) is 25.2. The van der Waals surface area contributed by atoms with Crippen LogP contribution >= 0.6 is 15.9 Å². The zero-order valence-electron chi connectivity index (χ0n) is 39.2. The first kappa shape index (κ1) is 55.4. The Morgan fingerprint density at radius 3 is 1.08 bits per heavy atom. The number of hydrogen-bond acceptors (Lipinski definition) is 10. The Balaban J connectivity index is 0.000000446. The van der Waals surface area contributed by atoms with E-state index >= 15 is 0 Å². The molecule has 0 saturated heterocycles. The van der Waals surface area contributed by atoms with Crippen LogP contribution in [0.5, 0.6) is 0 Å². The molecule has 0 N–H and O–H groups in total. The second kappa shape index (κ2) is 23.2. The van der Waals surface area contributed by atoms with Crippen molar-refractivity contribution in [3.05, 3.63) is 130 Å². The van der Waals surface area contributed by atoms with Gasteiger partial charge >= 0.3 is 29.6 Å². The number of hydrogen-bond donors (Lipinski definition) is 0. The van der Waals surface area contributed by atoms with E-state index in [0.29, 0.717) is 6.54 Å². The van der Waals surface area contributed by atoms with Crippen LogP contribution in [0.1, 0.15) is 133 Å². The summed E-state index contributed by atoms with van der Waals surface area (Å²) < 4.78 is 1.72. The molecule has 2 aromatic heterocycles. The number of nitrogens with zero attached hydrogens (tertiary/aromatic N) is 12. The molecule has 320 valence electrons. The van der Waals surface area contributed by atoms with Crippen LogP contribution in [0.4, 0.5) is 0 Å². The van der Waals surface area contributed by atoms with E-state index in [-0.39, 0.29) is 29.6 Å². The molecule has 0 saturated carbocycles. The summed E-state index contributed by atoms with van der Waals surface area (Å²) in [5.41, 5.74) is 5.50. The Morgan fingerprint density at radius 1 is 0.508 bits per heavy atom. The summed E-state index contributed by atoms with van der Waals surface area (Å²) in [5, 5.41) is 67.2. The minimum Gasteiger partial charge on any atom is -0.432 e. The van der Waals surface area contributed by atoms with E-state index in [9.17, 15) is 31.6 Å². The predicted octanol–water partition coefficient (Wildman–Crippen LogP) is 7.15. The maximum atomic E-state index is 9.40. The summed E-state index contributed by atoms with van der Waals surface area (Å²) in [6.07, 6.45) is 5.92. The fourth-order valence-corrected chi connectivity index (χ4v) is 5.86. The Kier molecular flexibility index (Phi) is 20.4. The van der Waals surface area contributed by atoms with Gasteiger partial charge in [-0.3, -0.25) is 5.10 Å². The van der Waals surface area contributed by atoms with E-state index in [1.165, 1.54) is 19.0 Å². The van der Waals surface area contributed by atoms with Gasteiger partial charge in [-0.15, -0.1) is 0 Å². The second-order valence-electron chi connectivity index (χ2n) is 18.2. The fraction of sp³-hybridized carbons (Fsp3) is 0.429. The Morgan fingerprint density at radius 2 is 0.841 bits per heavy atom. The van der Waals surface area contributed by atoms with Crippen LogP contribution < -0.4 is 34.7 Å². The van der Waals surface area contributed by atoms with E-state index in [4.69, 9.17) is 0 Å². The summed E-state index contributed by atoms with van der Waals surface area (Å²) in [5.74, 6) is 0. The van der Waals surface area contributed by atoms with Gasteiger partial charge in [0.05, 0.1) is 75.5 Å². The van der Waals surface area contributed by atoms with Crippen molar-refractivity contribution in [2.24, 2.45) is 0 Å². The maximum Gasteiger partial charge on any atom is 1.00 e. The zero-order valence-corrected chi connectivity index (χ0v) is 42.8. The van der Waals surface area contributed by atoms with Gasteiger partial charge in [0, 0.05) is 11.7 Å². The summed E-state index contributed by atoms with van der Waals surface area (Å²) in [6, 6.07) is 31.8. The molecule has 0 aliphatic rings. The molecule has 0 bridgehead atoms. The van der Waals surface area contributed by atoms with Crippen molar-refractivity contribution in [3.63, 3.8) is 0 Å². The SMILES string of the molecule is CC(C)(C#N)c1cc(CBr)cc(C(C)(C)C#N)c1.CC(C)(C#N)c1cc(Cn2cncn2)cc(C(C)(C)C#N)c1.Cc1cc(C(C)(C)C#N)cc(C(C)(C)C#N)c1.[Na+].c1nc[n-]n1. The number of aryl methyl sites for hydroxylation is 1. The molecule has 0 amide bonds. The molecule has 0 aliphatic carbocycles. The number of nitriles is 6. The van der Waals surface area contributed by atoms with Crippen molar-refractivity contribution in [3.8, 4) is 36.4 Å². The van der Waals surface area contributed by atoms with Crippen LogP contribution in [-0.4, -0.2) is 24.8 Å². The van der Waals surface area contributed by atoms with Crippen molar-refractivity contribution in [1.29, 1.82) is 31.6 Å². The van der Waals surface area contributed by atoms with Crippen LogP contribution in [0.3, 0.4) is 0 Å². The van der Waals surface area contributed by atoms with Gasteiger partial charge in [-0.05, 0) is 135 Å². The molecule has 3 aromatic carbocycles. The van der Waals surface area contributed by atoms with Gasteiger partial charge in [-0.1, -0.05) is 82.4 Å². The Bertz CT molecular complexity index is 2380. The van der Waals surface area contributed by atoms with E-state index in [0.717, 1.165) is 55.4 Å². The van der Waals surface area contributed by atoms with Gasteiger partial charge in [0.25, 0.3) is 0 Å². The van der Waals surface area contributed by atoms with Gasteiger partial charge in [0.1, 0.15) is 12.7 Å². The van der Waals surface area contributed by atoms with Gasteiger partial charge in [0.15, 0.2) is 0 Å². The Hall–Kier alpha value is -5.64. The molecule has 0 radical (unpaired) electrons. The molecule has 5 aromatic rings. The Labute approximate surface area is 405 Å². The zero-order chi connectivity index (χ0) is 47.2. The minimum absolute atomic E-state index is 0. The van der Waals surface area contributed by atoms with E-state index in [2.05, 4.69) is 77.6 Å². The van der Waals surface area contributed by atoms with Gasteiger partial charge < -0.3 is 10.1 Å². The molecular formula is C49H56BrN12Na. The van der Waals surface area contributed by atoms with Crippen LogP contribution in [0.25, 0.3) is 0 Å². The van der Waals surface area contributed by atoms with Crippen molar-refractivity contribution >= 4 is 15.9 Å². The molecule has 0 atom stereocenters. The van der Waals surface area contributed by atoms with Gasteiger partial charge in [0.2, 0.25) is 0 Å². The van der Waals surface area contributed by atoms with Crippen molar-refractivity contribution in [2.45, 2.75) is 134 Å². The number of rotatable bonds is 9. The second-order valence-corrected chi connectivity index (χ2v) is 18.7. The quantitative estimate of drug-likeness (QED) is 0.107. The maximum absolute atomic E-state index is 9.40. The van der Waals surface area contributed by atoms with Crippen LogP contribution in [-0.2, 0) is 44.4 Å². The van der Waals surface area contributed by atoms with Crippen LogP contribution in [0.15, 0.2) is 79.9 Å².